The van der Waals surface area contributed by atoms with Crippen molar-refractivity contribution in [1.82, 2.24) is 0 Å². The lowest BCUT2D eigenvalue weighted by Crippen LogP contribution is -2.28. The molecule has 146 valence electrons. The van der Waals surface area contributed by atoms with Crippen LogP contribution in [0.25, 0.3) is 10.8 Å². The minimum Gasteiger partial charge on any atom is -0.490 e. The van der Waals surface area contributed by atoms with Crippen LogP contribution in [-0.2, 0) is 4.79 Å². The zero-order chi connectivity index (χ0) is 20.2. The van der Waals surface area contributed by atoms with Gasteiger partial charge in [0, 0.05) is 29.6 Å². The topological polar surface area (TPSA) is 58.6 Å². The Morgan fingerprint density at radius 3 is 2.59 bits per heavy atom. The van der Waals surface area contributed by atoms with Crippen LogP contribution < -0.4 is 15.0 Å². The molecule has 5 heteroatoms. The van der Waals surface area contributed by atoms with Crippen molar-refractivity contribution in [3.05, 3.63) is 78.9 Å². The van der Waals surface area contributed by atoms with E-state index in [1.54, 1.807) is 35.2 Å². The maximum Gasteiger partial charge on any atom is 0.258 e. The molecule has 1 heterocycles. The Bertz CT molecular complexity index is 1070. The minimum absolute atomic E-state index is 0.00678. The van der Waals surface area contributed by atoms with Crippen LogP contribution in [0.4, 0.5) is 11.4 Å². The monoisotopic (exact) mass is 386 g/mol. The van der Waals surface area contributed by atoms with Gasteiger partial charge in [-0.1, -0.05) is 36.9 Å². The number of hydrogen-bond acceptors (Lipinski definition) is 3. The van der Waals surface area contributed by atoms with Gasteiger partial charge in [0.05, 0.1) is 5.69 Å². The molecule has 2 amide bonds. The van der Waals surface area contributed by atoms with Crippen LogP contribution >= 0.6 is 0 Å². The minimum atomic E-state index is -0.0767. The molecule has 5 nitrogen and oxygen atoms in total. The highest BCUT2D eigenvalue weighted by Gasteiger charge is 2.28. The lowest BCUT2D eigenvalue weighted by atomic mass is 10.1. The molecule has 1 N–H and O–H groups in total. The lowest BCUT2D eigenvalue weighted by molar-refractivity contribution is -0.116. The third-order valence-corrected chi connectivity index (χ3v) is 4.94. The van der Waals surface area contributed by atoms with Crippen LogP contribution in [0.15, 0.2) is 73.3 Å². The highest BCUT2D eigenvalue weighted by atomic mass is 16.5. The standard InChI is InChI=1S/C24H22N2O3/c1-2-16-29-19-13-11-18(12-14-19)25-22(27)10-5-15-26-21-9-4-7-17-6-3-8-20(23(17)21)24(26)28/h2-4,6-9,11-14H,1,5,10,15-16H2,(H,25,27). The summed E-state index contributed by atoms with van der Waals surface area (Å²) in [5.41, 5.74) is 2.38. The van der Waals surface area contributed by atoms with Gasteiger partial charge in [0.15, 0.2) is 0 Å². The molecule has 29 heavy (non-hydrogen) atoms. The van der Waals surface area contributed by atoms with E-state index in [4.69, 9.17) is 4.74 Å². The largest absolute Gasteiger partial charge is 0.490 e. The van der Waals surface area contributed by atoms with E-state index in [-0.39, 0.29) is 11.8 Å². The summed E-state index contributed by atoms with van der Waals surface area (Å²) < 4.78 is 5.43. The summed E-state index contributed by atoms with van der Waals surface area (Å²) >= 11 is 0. The summed E-state index contributed by atoms with van der Waals surface area (Å²) in [4.78, 5) is 26.8. The number of nitrogens with zero attached hydrogens (tertiary/aromatic N) is 1. The molecule has 0 aromatic heterocycles. The first-order valence-electron chi connectivity index (χ1n) is 9.64. The molecule has 0 fully saturated rings. The molecule has 1 aliphatic rings. The van der Waals surface area contributed by atoms with Gasteiger partial charge < -0.3 is 15.0 Å². The zero-order valence-electron chi connectivity index (χ0n) is 16.1. The normalized spacial score (nSPS) is 12.3. The molecule has 1 aliphatic heterocycles. The molecule has 4 rings (SSSR count). The highest BCUT2D eigenvalue weighted by molar-refractivity contribution is 6.25. The Morgan fingerprint density at radius 1 is 1.07 bits per heavy atom. The van der Waals surface area contributed by atoms with Gasteiger partial charge in [0.25, 0.3) is 5.91 Å². The molecule has 3 aromatic carbocycles. The Balaban J connectivity index is 1.33. The quantitative estimate of drug-likeness (QED) is 0.567. The number of anilines is 2. The van der Waals surface area contributed by atoms with Crippen LogP contribution in [0.3, 0.4) is 0 Å². The van der Waals surface area contributed by atoms with Crippen LogP contribution in [-0.4, -0.2) is 25.0 Å². The third kappa shape index (κ3) is 3.85. The van der Waals surface area contributed by atoms with Crippen LogP contribution in [0.5, 0.6) is 5.75 Å². The molecular weight excluding hydrogens is 364 g/mol. The van der Waals surface area contributed by atoms with E-state index in [1.807, 2.05) is 36.4 Å². The fourth-order valence-corrected chi connectivity index (χ4v) is 3.61. The van der Waals surface area contributed by atoms with Gasteiger partial charge in [-0.05, 0) is 48.2 Å². The maximum absolute atomic E-state index is 12.8. The molecular formula is C24H22N2O3. The van der Waals surface area contributed by atoms with Crippen LogP contribution in [0.1, 0.15) is 23.2 Å². The molecule has 0 unspecified atom stereocenters. The first kappa shape index (κ1) is 18.7. The third-order valence-electron chi connectivity index (χ3n) is 4.94. The van der Waals surface area contributed by atoms with E-state index in [9.17, 15) is 9.59 Å². The van der Waals surface area contributed by atoms with Crippen molar-refractivity contribution in [2.24, 2.45) is 0 Å². The smallest absolute Gasteiger partial charge is 0.258 e. The van der Waals surface area contributed by atoms with Crippen molar-refractivity contribution < 1.29 is 14.3 Å². The second-order valence-electron chi connectivity index (χ2n) is 6.91. The van der Waals surface area contributed by atoms with E-state index in [2.05, 4.69) is 11.9 Å². The number of hydrogen-bond donors (Lipinski definition) is 1. The van der Waals surface area contributed by atoms with Gasteiger partial charge in [-0.2, -0.15) is 0 Å². The zero-order valence-corrected chi connectivity index (χ0v) is 16.1. The summed E-state index contributed by atoms with van der Waals surface area (Å²) in [5, 5.41) is 4.95. The molecule has 0 saturated carbocycles. The first-order valence-corrected chi connectivity index (χ1v) is 9.64. The SMILES string of the molecule is C=CCOc1ccc(NC(=O)CCCN2C(=O)c3cccc4cccc2c34)cc1. The number of carbonyl (C=O) groups excluding carboxylic acids is 2. The number of amides is 2. The Kier molecular flexibility index (Phi) is 5.29. The van der Waals surface area contributed by atoms with Gasteiger partial charge >= 0.3 is 0 Å². The van der Waals surface area contributed by atoms with Gasteiger partial charge in [0.2, 0.25) is 5.91 Å². The average Bonchev–Trinajstić information content (AvgIpc) is 3.01. The lowest BCUT2D eigenvalue weighted by Gasteiger charge is -2.17. The predicted molar refractivity (Wildman–Crippen MR) is 116 cm³/mol. The van der Waals surface area contributed by atoms with Gasteiger partial charge in [0.1, 0.15) is 12.4 Å². The Hall–Kier alpha value is -3.60. The predicted octanol–water partition coefficient (Wildman–Crippen LogP) is 4.78. The van der Waals surface area contributed by atoms with Gasteiger partial charge in [-0.15, -0.1) is 0 Å². The Labute approximate surface area is 169 Å². The molecule has 0 atom stereocenters. The van der Waals surface area contributed by atoms with Gasteiger partial charge in [-0.25, -0.2) is 0 Å². The summed E-state index contributed by atoms with van der Waals surface area (Å²) in [5.74, 6) is 0.656. The van der Waals surface area contributed by atoms with E-state index in [1.165, 1.54) is 0 Å². The molecule has 0 spiro atoms. The molecule has 0 bridgehead atoms. The van der Waals surface area contributed by atoms with Crippen molar-refractivity contribution in [3.8, 4) is 5.75 Å². The average molecular weight is 386 g/mol. The van der Waals surface area contributed by atoms with E-state index in [0.717, 1.165) is 33.5 Å². The van der Waals surface area contributed by atoms with Gasteiger partial charge in [-0.3, -0.25) is 9.59 Å². The molecule has 0 radical (unpaired) electrons. The second kappa shape index (κ2) is 8.19. The van der Waals surface area contributed by atoms with Crippen molar-refractivity contribution >= 4 is 34.0 Å². The molecule has 3 aromatic rings. The molecule has 0 aliphatic carbocycles. The summed E-state index contributed by atoms with van der Waals surface area (Å²) in [7, 11) is 0. The maximum atomic E-state index is 12.8. The van der Waals surface area contributed by atoms with E-state index >= 15 is 0 Å². The second-order valence-corrected chi connectivity index (χ2v) is 6.91. The van der Waals surface area contributed by atoms with Crippen LogP contribution in [0, 0.1) is 0 Å². The fraction of sp³-hybridized carbons (Fsp3) is 0.167. The van der Waals surface area contributed by atoms with E-state index < -0.39 is 0 Å². The number of carbonyl (C=O) groups is 2. The Morgan fingerprint density at radius 2 is 1.83 bits per heavy atom. The first-order chi connectivity index (χ1) is 14.2. The number of benzene rings is 3. The number of rotatable bonds is 8. The number of nitrogens with one attached hydrogen (secondary N) is 1. The fourth-order valence-electron chi connectivity index (χ4n) is 3.61. The summed E-state index contributed by atoms with van der Waals surface area (Å²) in [6.07, 6.45) is 2.60. The highest BCUT2D eigenvalue weighted by Crippen LogP contribution is 2.37. The van der Waals surface area contributed by atoms with Crippen molar-refractivity contribution in [2.75, 3.05) is 23.4 Å². The van der Waals surface area contributed by atoms with Crippen molar-refractivity contribution in [3.63, 3.8) is 0 Å². The summed E-state index contributed by atoms with van der Waals surface area (Å²) in [6, 6.07) is 18.9. The van der Waals surface area contributed by atoms with E-state index in [0.29, 0.717) is 26.0 Å². The number of ether oxygens (including phenoxy) is 1. The summed E-state index contributed by atoms with van der Waals surface area (Å²) in [6.45, 7) is 4.56. The molecule has 0 saturated heterocycles. The van der Waals surface area contributed by atoms with Crippen LogP contribution in [0.2, 0.25) is 0 Å². The van der Waals surface area contributed by atoms with Crippen molar-refractivity contribution in [1.29, 1.82) is 0 Å². The van der Waals surface area contributed by atoms with Crippen molar-refractivity contribution in [2.45, 2.75) is 12.8 Å².